The number of rotatable bonds is 6. The molecule has 0 bridgehead atoms. The maximum Gasteiger partial charge on any atom is 0.310 e. The van der Waals surface area contributed by atoms with Crippen molar-refractivity contribution >= 4 is 11.9 Å². The van der Waals surface area contributed by atoms with Crippen LogP contribution in [-0.4, -0.2) is 25.2 Å². The Bertz CT molecular complexity index is 322. The van der Waals surface area contributed by atoms with Crippen molar-refractivity contribution in [2.75, 3.05) is 13.2 Å². The monoisotopic (exact) mass is 254 g/mol. The highest BCUT2D eigenvalue weighted by atomic mass is 16.5. The van der Waals surface area contributed by atoms with Crippen LogP contribution in [0, 0.1) is 23.7 Å². The van der Waals surface area contributed by atoms with E-state index in [1.54, 1.807) is 13.8 Å². The lowest BCUT2D eigenvalue weighted by atomic mass is 10.0. The molecule has 0 rings (SSSR count). The molecule has 4 heteroatoms. The molecule has 18 heavy (non-hydrogen) atoms. The topological polar surface area (TPSA) is 52.6 Å². The molecule has 0 saturated carbocycles. The minimum absolute atomic E-state index is 0.0272. The van der Waals surface area contributed by atoms with Gasteiger partial charge in [0, 0.05) is 12.3 Å². The van der Waals surface area contributed by atoms with E-state index >= 15 is 0 Å². The summed E-state index contributed by atoms with van der Waals surface area (Å²) in [5, 5.41) is 0. The van der Waals surface area contributed by atoms with Gasteiger partial charge in [-0.2, -0.15) is 0 Å². The van der Waals surface area contributed by atoms with Crippen LogP contribution in [-0.2, 0) is 19.1 Å². The van der Waals surface area contributed by atoms with Gasteiger partial charge in [-0.15, -0.1) is 11.8 Å². The smallest absolute Gasteiger partial charge is 0.310 e. The summed E-state index contributed by atoms with van der Waals surface area (Å²) in [6, 6.07) is 0. The Hall–Kier alpha value is -1.50. The van der Waals surface area contributed by atoms with Crippen molar-refractivity contribution in [3.05, 3.63) is 0 Å². The van der Waals surface area contributed by atoms with Gasteiger partial charge in [0.1, 0.15) is 0 Å². The van der Waals surface area contributed by atoms with Crippen LogP contribution in [0.25, 0.3) is 0 Å². The minimum atomic E-state index is -0.532. The molecule has 0 fully saturated rings. The average Bonchev–Trinajstić information content (AvgIpc) is 2.28. The molecule has 0 N–H and O–H groups in total. The maximum absolute atomic E-state index is 11.7. The molecule has 0 aliphatic heterocycles. The molecule has 4 nitrogen and oxygen atoms in total. The molecule has 102 valence electrons. The van der Waals surface area contributed by atoms with E-state index in [-0.39, 0.29) is 24.3 Å². The van der Waals surface area contributed by atoms with Crippen LogP contribution in [0.4, 0.5) is 0 Å². The Balaban J connectivity index is 4.48. The maximum atomic E-state index is 11.7. The average molecular weight is 254 g/mol. The number of carbonyl (C=O) groups is 2. The fourth-order valence-corrected chi connectivity index (χ4v) is 1.31. The summed E-state index contributed by atoms with van der Waals surface area (Å²) in [6.07, 6.45) is 0.356. The predicted molar refractivity (Wildman–Crippen MR) is 68.6 cm³/mol. The van der Waals surface area contributed by atoms with Crippen molar-refractivity contribution in [1.29, 1.82) is 0 Å². The normalized spacial score (nSPS) is 11.4. The second-order valence-electron chi connectivity index (χ2n) is 4.14. The number of esters is 2. The summed E-state index contributed by atoms with van der Waals surface area (Å²) in [4.78, 5) is 23.0. The van der Waals surface area contributed by atoms with Crippen molar-refractivity contribution in [2.24, 2.45) is 11.8 Å². The summed E-state index contributed by atoms with van der Waals surface area (Å²) in [6.45, 7) is 8.02. The lowest BCUT2D eigenvalue weighted by Crippen LogP contribution is -2.22. The molecule has 0 spiro atoms. The largest absolute Gasteiger partial charge is 0.466 e. The molecule has 1 unspecified atom stereocenters. The van der Waals surface area contributed by atoms with Crippen LogP contribution in [0.1, 0.15) is 40.5 Å². The lowest BCUT2D eigenvalue weighted by molar-refractivity contribution is -0.154. The van der Waals surface area contributed by atoms with Gasteiger partial charge < -0.3 is 9.47 Å². The van der Waals surface area contributed by atoms with Gasteiger partial charge in [-0.25, -0.2) is 0 Å². The third kappa shape index (κ3) is 7.72. The highest BCUT2D eigenvalue weighted by Gasteiger charge is 2.22. The Kier molecular flexibility index (Phi) is 8.73. The fourth-order valence-electron chi connectivity index (χ4n) is 1.31. The molecule has 0 amide bonds. The first kappa shape index (κ1) is 16.5. The second kappa shape index (κ2) is 9.52. The third-order valence-corrected chi connectivity index (χ3v) is 2.08. The van der Waals surface area contributed by atoms with Crippen molar-refractivity contribution in [3.63, 3.8) is 0 Å². The van der Waals surface area contributed by atoms with Gasteiger partial charge in [0.2, 0.25) is 0 Å². The van der Waals surface area contributed by atoms with Crippen LogP contribution in [0.5, 0.6) is 0 Å². The molecule has 0 saturated heterocycles. The molecular weight excluding hydrogens is 232 g/mol. The van der Waals surface area contributed by atoms with E-state index in [2.05, 4.69) is 11.8 Å². The minimum Gasteiger partial charge on any atom is -0.466 e. The molecule has 0 aliphatic rings. The van der Waals surface area contributed by atoms with Crippen molar-refractivity contribution in [1.82, 2.24) is 0 Å². The standard InChI is InChI=1S/C14H22O4/c1-5-17-13(15)10-12(14(16)18-6-2)9-7-8-11(3)4/h11-12H,5-6,9-10H2,1-4H3. The zero-order valence-corrected chi connectivity index (χ0v) is 11.6. The highest BCUT2D eigenvalue weighted by Crippen LogP contribution is 2.12. The third-order valence-electron chi connectivity index (χ3n) is 2.08. The SMILES string of the molecule is CCOC(=O)CC(CC#CC(C)C)C(=O)OCC. The van der Waals surface area contributed by atoms with Gasteiger partial charge >= 0.3 is 11.9 Å². The van der Waals surface area contributed by atoms with Crippen LogP contribution >= 0.6 is 0 Å². The van der Waals surface area contributed by atoms with Crippen LogP contribution in [0.15, 0.2) is 0 Å². The molecule has 0 radical (unpaired) electrons. The predicted octanol–water partition coefficient (Wildman–Crippen LogP) is 2.17. The summed E-state index contributed by atoms with van der Waals surface area (Å²) < 4.78 is 9.76. The van der Waals surface area contributed by atoms with E-state index in [1.807, 2.05) is 13.8 Å². The first-order chi connectivity index (χ1) is 8.51. The Labute approximate surface area is 109 Å². The molecule has 0 aliphatic carbocycles. The van der Waals surface area contributed by atoms with Gasteiger partial charge in [-0.05, 0) is 13.8 Å². The lowest BCUT2D eigenvalue weighted by Gasteiger charge is -2.12. The van der Waals surface area contributed by atoms with E-state index < -0.39 is 5.92 Å². The number of hydrogen-bond acceptors (Lipinski definition) is 4. The Morgan fingerprint density at radius 3 is 2.22 bits per heavy atom. The number of carbonyl (C=O) groups excluding carboxylic acids is 2. The number of hydrogen-bond donors (Lipinski definition) is 0. The van der Waals surface area contributed by atoms with Crippen molar-refractivity contribution < 1.29 is 19.1 Å². The summed E-state index contributed by atoms with van der Waals surface area (Å²) in [7, 11) is 0. The highest BCUT2D eigenvalue weighted by molar-refractivity contribution is 5.80. The van der Waals surface area contributed by atoms with Gasteiger partial charge in [0.15, 0.2) is 0 Å². The zero-order chi connectivity index (χ0) is 14.0. The first-order valence-corrected chi connectivity index (χ1v) is 6.31. The van der Waals surface area contributed by atoms with Crippen LogP contribution in [0.3, 0.4) is 0 Å². The Morgan fingerprint density at radius 1 is 1.11 bits per heavy atom. The summed E-state index contributed by atoms with van der Waals surface area (Å²) in [5.41, 5.74) is 0. The molecule has 0 aromatic heterocycles. The number of ether oxygens (including phenoxy) is 2. The van der Waals surface area contributed by atoms with E-state index in [0.717, 1.165) is 0 Å². The van der Waals surface area contributed by atoms with Crippen LogP contribution in [0.2, 0.25) is 0 Å². The van der Waals surface area contributed by atoms with E-state index in [4.69, 9.17) is 9.47 Å². The molecule has 0 heterocycles. The molecule has 1 atom stereocenters. The van der Waals surface area contributed by atoms with Crippen LogP contribution < -0.4 is 0 Å². The molecule has 0 aromatic carbocycles. The summed E-state index contributed by atoms with van der Waals surface area (Å²) >= 11 is 0. The van der Waals surface area contributed by atoms with Crippen molar-refractivity contribution in [3.8, 4) is 11.8 Å². The van der Waals surface area contributed by atoms with E-state index in [1.165, 1.54) is 0 Å². The zero-order valence-electron chi connectivity index (χ0n) is 11.6. The molecule has 0 aromatic rings. The second-order valence-corrected chi connectivity index (χ2v) is 4.14. The van der Waals surface area contributed by atoms with Gasteiger partial charge in [-0.1, -0.05) is 13.8 Å². The van der Waals surface area contributed by atoms with Crippen molar-refractivity contribution in [2.45, 2.75) is 40.5 Å². The Morgan fingerprint density at radius 2 is 1.72 bits per heavy atom. The quantitative estimate of drug-likeness (QED) is 0.538. The van der Waals surface area contributed by atoms with E-state index in [0.29, 0.717) is 19.6 Å². The van der Waals surface area contributed by atoms with Gasteiger partial charge in [-0.3, -0.25) is 9.59 Å². The first-order valence-electron chi connectivity index (χ1n) is 6.31. The summed E-state index contributed by atoms with van der Waals surface area (Å²) in [5.74, 6) is 4.82. The van der Waals surface area contributed by atoms with Gasteiger partial charge in [0.25, 0.3) is 0 Å². The van der Waals surface area contributed by atoms with E-state index in [9.17, 15) is 9.59 Å². The molecular formula is C14H22O4. The fraction of sp³-hybridized carbons (Fsp3) is 0.714. The van der Waals surface area contributed by atoms with Gasteiger partial charge in [0.05, 0.1) is 25.6 Å².